The average molecular weight is 331 g/mol. The highest BCUT2D eigenvalue weighted by Gasteiger charge is 2.11. The van der Waals surface area contributed by atoms with Crippen molar-refractivity contribution in [1.82, 2.24) is 0 Å². The number of alkyl halides is 1. The summed E-state index contributed by atoms with van der Waals surface area (Å²) in [5.74, 6) is 0. The molecule has 0 saturated carbocycles. The first kappa shape index (κ1) is 15.3. The van der Waals surface area contributed by atoms with E-state index in [1.54, 1.807) is 0 Å². The standard InChI is InChI=1S/C19H23Br/c1-4-15-10-11-18(12-16(15)5-2)19(20)13-17-9-7-6-8-14(17)3/h6-12,19H,4-5,13H2,1-3H3. The first-order valence-corrected chi connectivity index (χ1v) is 8.37. The summed E-state index contributed by atoms with van der Waals surface area (Å²) in [7, 11) is 0. The molecule has 2 aromatic carbocycles. The van der Waals surface area contributed by atoms with Crippen LogP contribution < -0.4 is 0 Å². The summed E-state index contributed by atoms with van der Waals surface area (Å²) in [6, 6.07) is 15.6. The molecular weight excluding hydrogens is 308 g/mol. The number of benzene rings is 2. The van der Waals surface area contributed by atoms with Crippen molar-refractivity contribution in [2.75, 3.05) is 0 Å². The average Bonchev–Trinajstić information content (AvgIpc) is 2.48. The normalized spacial score (nSPS) is 12.4. The molecule has 1 atom stereocenters. The van der Waals surface area contributed by atoms with Crippen molar-refractivity contribution < 1.29 is 0 Å². The van der Waals surface area contributed by atoms with E-state index >= 15 is 0 Å². The number of aryl methyl sites for hydroxylation is 3. The van der Waals surface area contributed by atoms with Crippen molar-refractivity contribution in [2.24, 2.45) is 0 Å². The van der Waals surface area contributed by atoms with Gasteiger partial charge < -0.3 is 0 Å². The molecule has 0 amide bonds. The lowest BCUT2D eigenvalue weighted by atomic mass is 9.96. The molecule has 0 aromatic heterocycles. The molecule has 106 valence electrons. The second-order valence-corrected chi connectivity index (χ2v) is 6.44. The number of hydrogen-bond donors (Lipinski definition) is 0. The van der Waals surface area contributed by atoms with Crippen LogP contribution in [0.3, 0.4) is 0 Å². The predicted octanol–water partition coefficient (Wildman–Crippen LogP) is 5.80. The van der Waals surface area contributed by atoms with E-state index in [1.165, 1.54) is 27.8 Å². The van der Waals surface area contributed by atoms with E-state index in [0.717, 1.165) is 19.3 Å². The summed E-state index contributed by atoms with van der Waals surface area (Å²) >= 11 is 3.87. The van der Waals surface area contributed by atoms with E-state index in [4.69, 9.17) is 0 Å². The maximum Gasteiger partial charge on any atom is 0.0435 e. The monoisotopic (exact) mass is 330 g/mol. The van der Waals surface area contributed by atoms with Gasteiger partial charge in [0, 0.05) is 4.83 Å². The minimum atomic E-state index is 0.389. The molecule has 0 fully saturated rings. The molecule has 1 heteroatoms. The minimum absolute atomic E-state index is 0.389. The fraction of sp³-hybridized carbons (Fsp3) is 0.368. The lowest BCUT2D eigenvalue weighted by molar-refractivity contribution is 0.926. The Labute approximate surface area is 131 Å². The van der Waals surface area contributed by atoms with E-state index < -0.39 is 0 Å². The fourth-order valence-corrected chi connectivity index (χ4v) is 3.30. The van der Waals surface area contributed by atoms with Crippen LogP contribution in [-0.4, -0.2) is 0 Å². The third kappa shape index (κ3) is 3.52. The van der Waals surface area contributed by atoms with Gasteiger partial charge >= 0.3 is 0 Å². The van der Waals surface area contributed by atoms with Crippen LogP contribution in [0.1, 0.15) is 46.5 Å². The summed E-state index contributed by atoms with van der Waals surface area (Å²) in [6.45, 7) is 6.66. The van der Waals surface area contributed by atoms with Crippen molar-refractivity contribution in [3.63, 3.8) is 0 Å². The van der Waals surface area contributed by atoms with Gasteiger partial charge in [-0.2, -0.15) is 0 Å². The van der Waals surface area contributed by atoms with Gasteiger partial charge in [0.15, 0.2) is 0 Å². The Morgan fingerprint density at radius 1 is 0.900 bits per heavy atom. The summed E-state index contributed by atoms with van der Waals surface area (Å²) in [4.78, 5) is 0.389. The maximum absolute atomic E-state index is 3.87. The van der Waals surface area contributed by atoms with Gasteiger partial charge in [0.25, 0.3) is 0 Å². The van der Waals surface area contributed by atoms with Gasteiger partial charge in [-0.1, -0.05) is 72.2 Å². The van der Waals surface area contributed by atoms with Crippen LogP contribution >= 0.6 is 15.9 Å². The van der Waals surface area contributed by atoms with Gasteiger partial charge in [-0.25, -0.2) is 0 Å². The van der Waals surface area contributed by atoms with Crippen LogP contribution in [-0.2, 0) is 19.3 Å². The summed E-state index contributed by atoms with van der Waals surface area (Å²) in [5, 5.41) is 0. The third-order valence-corrected chi connectivity index (χ3v) is 4.87. The molecule has 2 aromatic rings. The van der Waals surface area contributed by atoms with Crippen molar-refractivity contribution in [1.29, 1.82) is 0 Å². The van der Waals surface area contributed by atoms with Crippen LogP contribution in [0.2, 0.25) is 0 Å². The van der Waals surface area contributed by atoms with Gasteiger partial charge in [-0.05, 0) is 54.0 Å². The minimum Gasteiger partial charge on any atom is -0.0835 e. The third-order valence-electron chi connectivity index (χ3n) is 4.01. The van der Waals surface area contributed by atoms with Crippen molar-refractivity contribution in [3.05, 3.63) is 70.3 Å². The van der Waals surface area contributed by atoms with Crippen LogP contribution in [0.15, 0.2) is 42.5 Å². The van der Waals surface area contributed by atoms with E-state index in [0.29, 0.717) is 4.83 Å². The molecule has 0 bridgehead atoms. The van der Waals surface area contributed by atoms with E-state index in [2.05, 4.69) is 79.2 Å². The van der Waals surface area contributed by atoms with Crippen LogP contribution in [0.5, 0.6) is 0 Å². The molecule has 0 heterocycles. The maximum atomic E-state index is 3.87. The van der Waals surface area contributed by atoms with E-state index in [1.807, 2.05) is 0 Å². The fourth-order valence-electron chi connectivity index (χ4n) is 2.66. The quantitative estimate of drug-likeness (QED) is 0.608. The van der Waals surface area contributed by atoms with Gasteiger partial charge in [0.1, 0.15) is 0 Å². The molecular formula is C19H23Br. The highest BCUT2D eigenvalue weighted by atomic mass is 79.9. The largest absolute Gasteiger partial charge is 0.0835 e. The zero-order chi connectivity index (χ0) is 14.5. The Bertz CT molecular complexity index is 572. The Hall–Kier alpha value is -1.08. The zero-order valence-electron chi connectivity index (χ0n) is 12.6. The summed E-state index contributed by atoms with van der Waals surface area (Å²) in [5.41, 5.74) is 7.15. The number of halogens is 1. The Morgan fingerprint density at radius 3 is 2.25 bits per heavy atom. The van der Waals surface area contributed by atoms with Crippen LogP contribution in [0.4, 0.5) is 0 Å². The molecule has 1 unspecified atom stereocenters. The number of rotatable bonds is 5. The highest BCUT2D eigenvalue weighted by molar-refractivity contribution is 9.09. The molecule has 20 heavy (non-hydrogen) atoms. The summed E-state index contributed by atoms with van der Waals surface area (Å²) < 4.78 is 0. The molecule has 0 N–H and O–H groups in total. The number of hydrogen-bond acceptors (Lipinski definition) is 0. The first-order chi connectivity index (χ1) is 9.65. The molecule has 2 rings (SSSR count). The molecule has 0 spiro atoms. The topological polar surface area (TPSA) is 0 Å². The predicted molar refractivity (Wildman–Crippen MR) is 91.7 cm³/mol. The van der Waals surface area contributed by atoms with Crippen molar-refractivity contribution in [2.45, 2.75) is 44.9 Å². The Morgan fingerprint density at radius 2 is 1.60 bits per heavy atom. The van der Waals surface area contributed by atoms with Gasteiger partial charge in [-0.15, -0.1) is 0 Å². The molecule has 0 saturated heterocycles. The molecule has 0 radical (unpaired) electrons. The Kier molecular flexibility index (Phi) is 5.42. The molecule has 0 aliphatic carbocycles. The SMILES string of the molecule is CCc1ccc(C(Br)Cc2ccccc2C)cc1CC. The van der Waals surface area contributed by atoms with Gasteiger partial charge in [0.05, 0.1) is 0 Å². The highest BCUT2D eigenvalue weighted by Crippen LogP contribution is 2.30. The second kappa shape index (κ2) is 7.08. The lowest BCUT2D eigenvalue weighted by Gasteiger charge is -2.15. The summed E-state index contributed by atoms with van der Waals surface area (Å²) in [6.07, 6.45) is 3.27. The Balaban J connectivity index is 2.21. The van der Waals surface area contributed by atoms with Gasteiger partial charge in [-0.3, -0.25) is 0 Å². The van der Waals surface area contributed by atoms with E-state index in [-0.39, 0.29) is 0 Å². The van der Waals surface area contributed by atoms with Crippen molar-refractivity contribution >= 4 is 15.9 Å². The zero-order valence-corrected chi connectivity index (χ0v) is 14.2. The molecule has 0 nitrogen and oxygen atoms in total. The van der Waals surface area contributed by atoms with Crippen LogP contribution in [0, 0.1) is 6.92 Å². The smallest absolute Gasteiger partial charge is 0.0435 e. The second-order valence-electron chi connectivity index (χ2n) is 5.33. The molecule has 0 aliphatic heterocycles. The van der Waals surface area contributed by atoms with E-state index in [9.17, 15) is 0 Å². The van der Waals surface area contributed by atoms with Crippen molar-refractivity contribution in [3.8, 4) is 0 Å². The van der Waals surface area contributed by atoms with Crippen LogP contribution in [0.25, 0.3) is 0 Å². The first-order valence-electron chi connectivity index (χ1n) is 7.46. The molecule has 0 aliphatic rings. The lowest BCUT2D eigenvalue weighted by Crippen LogP contribution is -2.00. The van der Waals surface area contributed by atoms with Gasteiger partial charge in [0.2, 0.25) is 0 Å².